The number of likely N-dealkylation sites (N-methyl/N-ethyl adjacent to an activating group) is 1. The van der Waals surface area contributed by atoms with Crippen LogP contribution in [-0.2, 0) is 14.8 Å². The zero-order valence-electron chi connectivity index (χ0n) is 10.8. The summed E-state index contributed by atoms with van der Waals surface area (Å²) in [6.07, 6.45) is 0.608. The van der Waals surface area contributed by atoms with Crippen molar-refractivity contribution in [3.63, 3.8) is 0 Å². The van der Waals surface area contributed by atoms with E-state index in [-0.39, 0.29) is 17.0 Å². The largest absolute Gasteiger partial charge is 0.399 e. The van der Waals surface area contributed by atoms with E-state index in [0.29, 0.717) is 23.2 Å². The van der Waals surface area contributed by atoms with Gasteiger partial charge in [-0.15, -0.1) is 0 Å². The highest BCUT2D eigenvalue weighted by Gasteiger charge is 2.36. The molecule has 2 rings (SSSR count). The summed E-state index contributed by atoms with van der Waals surface area (Å²) in [5, 5.41) is 0. The quantitative estimate of drug-likeness (QED) is 0.845. The molecule has 0 saturated carbocycles. The summed E-state index contributed by atoms with van der Waals surface area (Å²) in [7, 11) is -2.00. The molecule has 0 bridgehead atoms. The summed E-state index contributed by atoms with van der Waals surface area (Å²) in [5.74, 6) is 0. The number of hydrogen-bond acceptors (Lipinski definition) is 4. The van der Waals surface area contributed by atoms with Gasteiger partial charge in [0.25, 0.3) is 0 Å². The number of halogens is 1. The molecular formula is C12H17BrN2O3S. The highest BCUT2D eigenvalue weighted by molar-refractivity contribution is 9.10. The molecule has 106 valence electrons. The summed E-state index contributed by atoms with van der Waals surface area (Å²) in [6, 6.07) is 4.63. The van der Waals surface area contributed by atoms with Crippen LogP contribution in [0.2, 0.25) is 0 Å². The fourth-order valence-corrected chi connectivity index (χ4v) is 4.65. The van der Waals surface area contributed by atoms with Crippen LogP contribution in [0, 0.1) is 0 Å². The second-order valence-electron chi connectivity index (χ2n) is 4.64. The lowest BCUT2D eigenvalue weighted by Crippen LogP contribution is -2.41. The Morgan fingerprint density at radius 2 is 2.16 bits per heavy atom. The number of anilines is 1. The normalized spacial score (nSPS) is 24.0. The Labute approximate surface area is 121 Å². The number of hydrogen-bond donors (Lipinski definition) is 1. The molecule has 19 heavy (non-hydrogen) atoms. The molecule has 1 fully saturated rings. The summed E-state index contributed by atoms with van der Waals surface area (Å²) in [6.45, 7) is 2.47. The summed E-state index contributed by atoms with van der Waals surface area (Å²) in [4.78, 5) is 0.189. The van der Waals surface area contributed by atoms with Crippen LogP contribution in [0.5, 0.6) is 0 Å². The molecule has 1 aliphatic rings. The lowest BCUT2D eigenvalue weighted by molar-refractivity contribution is 0.102. The van der Waals surface area contributed by atoms with Crippen molar-refractivity contribution in [3.8, 4) is 0 Å². The number of ether oxygens (including phenoxy) is 1. The Bertz CT molecular complexity index is 576. The van der Waals surface area contributed by atoms with Crippen LogP contribution in [-0.4, -0.2) is 38.5 Å². The first-order valence-electron chi connectivity index (χ1n) is 5.98. The number of sulfonamides is 1. The van der Waals surface area contributed by atoms with Gasteiger partial charge in [-0.1, -0.05) is 0 Å². The van der Waals surface area contributed by atoms with Gasteiger partial charge in [0.1, 0.15) is 0 Å². The van der Waals surface area contributed by atoms with Crippen LogP contribution in [0.1, 0.15) is 13.3 Å². The van der Waals surface area contributed by atoms with E-state index < -0.39 is 10.0 Å². The minimum absolute atomic E-state index is 0.0976. The zero-order valence-corrected chi connectivity index (χ0v) is 13.2. The predicted molar refractivity (Wildman–Crippen MR) is 77.3 cm³/mol. The van der Waals surface area contributed by atoms with E-state index in [2.05, 4.69) is 15.9 Å². The van der Waals surface area contributed by atoms with Gasteiger partial charge in [-0.05, 0) is 47.5 Å². The summed E-state index contributed by atoms with van der Waals surface area (Å²) < 4.78 is 32.6. The molecule has 0 aliphatic carbocycles. The third-order valence-corrected chi connectivity index (χ3v) is 6.29. The Balaban J connectivity index is 2.39. The molecule has 1 saturated heterocycles. The molecule has 0 amide bonds. The van der Waals surface area contributed by atoms with Crippen molar-refractivity contribution < 1.29 is 13.2 Å². The number of nitrogen functional groups attached to an aromatic ring is 1. The van der Waals surface area contributed by atoms with Crippen LogP contribution < -0.4 is 5.73 Å². The first kappa shape index (κ1) is 14.8. The molecule has 2 atom stereocenters. The molecule has 2 N–H and O–H groups in total. The van der Waals surface area contributed by atoms with E-state index in [1.807, 2.05) is 6.92 Å². The van der Waals surface area contributed by atoms with Crippen LogP contribution in [0.15, 0.2) is 27.6 Å². The van der Waals surface area contributed by atoms with E-state index in [0.717, 1.165) is 0 Å². The van der Waals surface area contributed by atoms with Gasteiger partial charge in [-0.2, -0.15) is 4.31 Å². The molecule has 1 aromatic carbocycles. The fourth-order valence-electron chi connectivity index (χ4n) is 2.25. The molecule has 0 radical (unpaired) electrons. The highest BCUT2D eigenvalue weighted by Crippen LogP contribution is 2.30. The SMILES string of the molecule is CC1OCCC1N(C)S(=O)(=O)c1cc(N)ccc1Br. The van der Waals surface area contributed by atoms with E-state index in [4.69, 9.17) is 10.5 Å². The van der Waals surface area contributed by atoms with Gasteiger partial charge in [0.15, 0.2) is 0 Å². The number of rotatable bonds is 3. The molecule has 7 heteroatoms. The monoisotopic (exact) mass is 348 g/mol. The zero-order chi connectivity index (χ0) is 14.2. The Morgan fingerprint density at radius 1 is 1.47 bits per heavy atom. The second kappa shape index (κ2) is 5.40. The number of nitrogens with zero attached hydrogens (tertiary/aromatic N) is 1. The molecule has 0 spiro atoms. The van der Waals surface area contributed by atoms with Gasteiger partial charge in [-0.3, -0.25) is 0 Å². The van der Waals surface area contributed by atoms with Crippen molar-refractivity contribution in [2.45, 2.75) is 30.4 Å². The maximum atomic E-state index is 12.6. The van der Waals surface area contributed by atoms with Crippen molar-refractivity contribution in [2.75, 3.05) is 19.4 Å². The molecule has 5 nitrogen and oxygen atoms in total. The Hall–Kier alpha value is -0.630. The van der Waals surface area contributed by atoms with Crippen LogP contribution in [0.4, 0.5) is 5.69 Å². The standard InChI is InChI=1S/C12H17BrN2O3S/c1-8-11(5-6-18-8)15(2)19(16,17)12-7-9(14)3-4-10(12)13/h3-4,7-8,11H,5-6,14H2,1-2H3. The van der Waals surface area contributed by atoms with Crippen molar-refractivity contribution in [1.29, 1.82) is 0 Å². The van der Waals surface area contributed by atoms with E-state index >= 15 is 0 Å². The van der Waals surface area contributed by atoms with Crippen LogP contribution >= 0.6 is 15.9 Å². The van der Waals surface area contributed by atoms with Gasteiger partial charge < -0.3 is 10.5 Å². The Morgan fingerprint density at radius 3 is 2.74 bits per heavy atom. The van der Waals surface area contributed by atoms with Crippen molar-refractivity contribution in [2.24, 2.45) is 0 Å². The van der Waals surface area contributed by atoms with E-state index in [1.165, 1.54) is 10.4 Å². The predicted octanol–water partition coefficient (Wildman–Crippen LogP) is 1.83. The van der Waals surface area contributed by atoms with Gasteiger partial charge in [-0.25, -0.2) is 8.42 Å². The molecular weight excluding hydrogens is 332 g/mol. The number of nitrogens with two attached hydrogens (primary N) is 1. The molecule has 0 aromatic heterocycles. The molecule has 1 heterocycles. The minimum Gasteiger partial charge on any atom is -0.399 e. The first-order valence-corrected chi connectivity index (χ1v) is 8.22. The minimum atomic E-state index is -3.58. The topological polar surface area (TPSA) is 72.6 Å². The van der Waals surface area contributed by atoms with Gasteiger partial charge in [0, 0.05) is 23.8 Å². The molecule has 1 aromatic rings. The Kier molecular flexibility index (Phi) is 4.20. The van der Waals surface area contributed by atoms with Crippen molar-refractivity contribution in [3.05, 3.63) is 22.7 Å². The third kappa shape index (κ3) is 2.79. The van der Waals surface area contributed by atoms with Crippen molar-refractivity contribution in [1.82, 2.24) is 4.31 Å². The lowest BCUT2D eigenvalue weighted by atomic mass is 10.2. The van der Waals surface area contributed by atoms with E-state index in [1.54, 1.807) is 19.2 Å². The lowest BCUT2D eigenvalue weighted by Gasteiger charge is -2.26. The molecule has 2 unspecified atom stereocenters. The van der Waals surface area contributed by atoms with Gasteiger partial charge in [0.2, 0.25) is 10.0 Å². The second-order valence-corrected chi connectivity index (χ2v) is 7.46. The van der Waals surface area contributed by atoms with Gasteiger partial charge >= 0.3 is 0 Å². The van der Waals surface area contributed by atoms with Crippen LogP contribution in [0.25, 0.3) is 0 Å². The number of benzene rings is 1. The highest BCUT2D eigenvalue weighted by atomic mass is 79.9. The van der Waals surface area contributed by atoms with Crippen LogP contribution in [0.3, 0.4) is 0 Å². The third-order valence-electron chi connectivity index (χ3n) is 3.42. The molecule has 1 aliphatic heterocycles. The van der Waals surface area contributed by atoms with Crippen molar-refractivity contribution >= 4 is 31.6 Å². The average Bonchev–Trinajstić information content (AvgIpc) is 2.77. The average molecular weight is 349 g/mol. The summed E-state index contributed by atoms with van der Waals surface area (Å²) in [5.41, 5.74) is 6.10. The maximum absolute atomic E-state index is 12.6. The first-order chi connectivity index (χ1) is 8.84. The van der Waals surface area contributed by atoms with E-state index in [9.17, 15) is 8.42 Å². The smallest absolute Gasteiger partial charge is 0.244 e. The fraction of sp³-hybridized carbons (Fsp3) is 0.500. The maximum Gasteiger partial charge on any atom is 0.244 e. The van der Waals surface area contributed by atoms with Gasteiger partial charge in [0.05, 0.1) is 17.0 Å². The summed E-state index contributed by atoms with van der Waals surface area (Å²) >= 11 is 3.27.